The second-order valence-electron chi connectivity index (χ2n) is 2.65. The molecular weight excluding hydrogens is 134 g/mol. The van der Waals surface area contributed by atoms with Crippen molar-refractivity contribution in [3.63, 3.8) is 0 Å². The Morgan fingerprint density at radius 2 is 2.30 bits per heavy atom. The molecule has 0 amide bonds. The van der Waals surface area contributed by atoms with Crippen LogP contribution in [0.4, 0.5) is 0 Å². The van der Waals surface area contributed by atoms with Gasteiger partial charge in [-0.1, -0.05) is 0 Å². The van der Waals surface area contributed by atoms with Gasteiger partial charge in [0.2, 0.25) is 5.72 Å². The first-order valence-corrected chi connectivity index (χ1v) is 3.24. The molecule has 4 nitrogen and oxygen atoms in total. The SMILES string of the molecule is CN1CCC[C@]1(O)C(=O)O. The molecule has 1 heterocycles. The highest BCUT2D eigenvalue weighted by Gasteiger charge is 2.43. The van der Waals surface area contributed by atoms with E-state index in [2.05, 4.69) is 0 Å². The number of hydrogen-bond donors (Lipinski definition) is 2. The number of carbonyl (C=O) groups is 1. The summed E-state index contributed by atoms with van der Waals surface area (Å²) in [7, 11) is 1.61. The van der Waals surface area contributed by atoms with Crippen LogP contribution in [0.2, 0.25) is 0 Å². The number of hydrogen-bond acceptors (Lipinski definition) is 3. The Morgan fingerprint density at radius 1 is 1.70 bits per heavy atom. The van der Waals surface area contributed by atoms with Crippen molar-refractivity contribution in [2.24, 2.45) is 0 Å². The zero-order valence-corrected chi connectivity index (χ0v) is 5.87. The molecule has 10 heavy (non-hydrogen) atoms. The monoisotopic (exact) mass is 145 g/mol. The highest BCUT2D eigenvalue weighted by atomic mass is 16.4. The number of aliphatic carboxylic acids is 1. The van der Waals surface area contributed by atoms with Crippen LogP contribution in [0.5, 0.6) is 0 Å². The first kappa shape index (κ1) is 7.50. The number of carboxylic acid groups (broad SMARTS) is 1. The molecule has 0 aliphatic carbocycles. The van der Waals surface area contributed by atoms with E-state index >= 15 is 0 Å². The molecule has 0 aromatic heterocycles. The molecule has 0 aromatic rings. The van der Waals surface area contributed by atoms with E-state index in [-0.39, 0.29) is 0 Å². The molecule has 4 heteroatoms. The van der Waals surface area contributed by atoms with Gasteiger partial charge in [0, 0.05) is 13.0 Å². The third-order valence-electron chi connectivity index (χ3n) is 1.99. The number of carboxylic acids is 1. The standard InChI is InChI=1S/C6H11NO3/c1-7-4-2-3-6(7,10)5(8)9/h10H,2-4H2,1H3,(H,8,9)/t6-/m0/s1. The molecule has 2 N–H and O–H groups in total. The predicted octanol–water partition coefficient (Wildman–Crippen LogP) is -0.515. The molecule has 0 unspecified atom stereocenters. The summed E-state index contributed by atoms with van der Waals surface area (Å²) in [6.45, 7) is 0.656. The molecule has 0 saturated carbocycles. The van der Waals surface area contributed by atoms with Crippen LogP contribution in [0.1, 0.15) is 12.8 Å². The van der Waals surface area contributed by atoms with Crippen LogP contribution < -0.4 is 0 Å². The maximum absolute atomic E-state index is 10.4. The van der Waals surface area contributed by atoms with E-state index in [0.717, 1.165) is 6.42 Å². The van der Waals surface area contributed by atoms with Crippen LogP contribution in [-0.2, 0) is 4.79 Å². The molecule has 0 spiro atoms. The summed E-state index contributed by atoms with van der Waals surface area (Å²) in [5, 5.41) is 17.9. The molecule has 1 aliphatic rings. The lowest BCUT2D eigenvalue weighted by Gasteiger charge is -2.24. The first-order valence-electron chi connectivity index (χ1n) is 3.24. The molecule has 1 aliphatic heterocycles. The van der Waals surface area contributed by atoms with Crippen molar-refractivity contribution >= 4 is 5.97 Å². The number of nitrogens with zero attached hydrogens (tertiary/aromatic N) is 1. The van der Waals surface area contributed by atoms with Crippen LogP contribution in [0.15, 0.2) is 0 Å². The average molecular weight is 145 g/mol. The van der Waals surface area contributed by atoms with Gasteiger partial charge in [-0.3, -0.25) is 4.90 Å². The van der Waals surface area contributed by atoms with Crippen LogP contribution in [0.3, 0.4) is 0 Å². The lowest BCUT2D eigenvalue weighted by molar-refractivity contribution is -0.173. The molecule has 0 radical (unpaired) electrons. The van der Waals surface area contributed by atoms with Crippen molar-refractivity contribution < 1.29 is 15.0 Å². The van der Waals surface area contributed by atoms with Crippen molar-refractivity contribution in [2.45, 2.75) is 18.6 Å². The van der Waals surface area contributed by atoms with Crippen LogP contribution in [0.25, 0.3) is 0 Å². The minimum absolute atomic E-state index is 0.332. The molecule has 1 atom stereocenters. The molecule has 58 valence electrons. The number of aliphatic hydroxyl groups is 1. The smallest absolute Gasteiger partial charge is 0.351 e. The zero-order valence-electron chi connectivity index (χ0n) is 5.87. The van der Waals surface area contributed by atoms with Crippen molar-refractivity contribution in [2.75, 3.05) is 13.6 Å². The molecule has 0 aromatic carbocycles. The van der Waals surface area contributed by atoms with E-state index in [1.54, 1.807) is 7.05 Å². The third-order valence-corrected chi connectivity index (χ3v) is 1.99. The normalized spacial score (nSPS) is 34.6. The maximum atomic E-state index is 10.4. The molecule has 1 saturated heterocycles. The molecule has 1 fully saturated rings. The molecule has 1 rings (SSSR count). The minimum atomic E-state index is -1.60. The summed E-state index contributed by atoms with van der Waals surface area (Å²) in [5.41, 5.74) is -1.60. The number of rotatable bonds is 1. The van der Waals surface area contributed by atoms with Crippen molar-refractivity contribution in [3.05, 3.63) is 0 Å². The Balaban J connectivity index is 2.75. The largest absolute Gasteiger partial charge is 0.478 e. The zero-order chi connectivity index (χ0) is 7.78. The van der Waals surface area contributed by atoms with Gasteiger partial charge in [0.05, 0.1) is 0 Å². The van der Waals surface area contributed by atoms with Crippen LogP contribution in [-0.4, -0.2) is 40.4 Å². The summed E-state index contributed by atoms with van der Waals surface area (Å²) in [6.07, 6.45) is 1.08. The number of likely N-dealkylation sites (N-methyl/N-ethyl adjacent to an activating group) is 1. The second kappa shape index (κ2) is 2.21. The Hall–Kier alpha value is -0.610. The van der Waals surface area contributed by atoms with Gasteiger partial charge >= 0.3 is 5.97 Å². The average Bonchev–Trinajstić information content (AvgIpc) is 2.15. The fourth-order valence-electron chi connectivity index (χ4n) is 1.21. The summed E-state index contributed by atoms with van der Waals surface area (Å²) < 4.78 is 0. The fraction of sp³-hybridized carbons (Fsp3) is 0.833. The first-order chi connectivity index (χ1) is 4.57. The van der Waals surface area contributed by atoms with Crippen molar-refractivity contribution in [1.82, 2.24) is 4.90 Å². The quantitative estimate of drug-likeness (QED) is 0.521. The van der Waals surface area contributed by atoms with Gasteiger partial charge in [-0.15, -0.1) is 0 Å². The van der Waals surface area contributed by atoms with E-state index in [1.165, 1.54) is 4.90 Å². The van der Waals surface area contributed by atoms with Gasteiger partial charge in [-0.05, 0) is 13.5 Å². The Kier molecular flexibility index (Phi) is 1.66. The topological polar surface area (TPSA) is 60.8 Å². The van der Waals surface area contributed by atoms with E-state index in [9.17, 15) is 9.90 Å². The van der Waals surface area contributed by atoms with Crippen LogP contribution >= 0.6 is 0 Å². The lowest BCUT2D eigenvalue weighted by atomic mass is 10.1. The lowest BCUT2D eigenvalue weighted by Crippen LogP contribution is -2.48. The van der Waals surface area contributed by atoms with E-state index < -0.39 is 11.7 Å². The minimum Gasteiger partial charge on any atom is -0.478 e. The Labute approximate surface area is 59.1 Å². The summed E-state index contributed by atoms with van der Waals surface area (Å²) in [4.78, 5) is 11.9. The van der Waals surface area contributed by atoms with Gasteiger partial charge in [0.15, 0.2) is 0 Å². The molecular formula is C6H11NO3. The Bertz CT molecular complexity index is 159. The predicted molar refractivity (Wildman–Crippen MR) is 34.4 cm³/mol. The fourth-order valence-corrected chi connectivity index (χ4v) is 1.21. The van der Waals surface area contributed by atoms with Gasteiger partial charge in [-0.25, -0.2) is 4.79 Å². The van der Waals surface area contributed by atoms with E-state index in [1.807, 2.05) is 0 Å². The second-order valence-corrected chi connectivity index (χ2v) is 2.65. The van der Waals surface area contributed by atoms with Crippen molar-refractivity contribution in [3.8, 4) is 0 Å². The summed E-state index contributed by atoms with van der Waals surface area (Å²) in [6, 6.07) is 0. The van der Waals surface area contributed by atoms with Crippen LogP contribution in [0, 0.1) is 0 Å². The Morgan fingerprint density at radius 3 is 2.50 bits per heavy atom. The maximum Gasteiger partial charge on any atom is 0.351 e. The third kappa shape index (κ3) is 0.892. The van der Waals surface area contributed by atoms with Gasteiger partial charge in [0.25, 0.3) is 0 Å². The van der Waals surface area contributed by atoms with E-state index in [4.69, 9.17) is 5.11 Å². The highest BCUT2D eigenvalue weighted by Crippen LogP contribution is 2.24. The summed E-state index contributed by atoms with van der Waals surface area (Å²) in [5.74, 6) is -1.15. The van der Waals surface area contributed by atoms with Gasteiger partial charge < -0.3 is 10.2 Å². The van der Waals surface area contributed by atoms with Gasteiger partial charge in [0.1, 0.15) is 0 Å². The summed E-state index contributed by atoms with van der Waals surface area (Å²) >= 11 is 0. The van der Waals surface area contributed by atoms with Crippen molar-refractivity contribution in [1.29, 1.82) is 0 Å². The number of likely N-dealkylation sites (tertiary alicyclic amines) is 1. The molecule has 0 bridgehead atoms. The highest BCUT2D eigenvalue weighted by molar-refractivity contribution is 5.76. The van der Waals surface area contributed by atoms with E-state index in [0.29, 0.717) is 13.0 Å². The van der Waals surface area contributed by atoms with Gasteiger partial charge in [-0.2, -0.15) is 0 Å².